The highest BCUT2D eigenvalue weighted by Gasteiger charge is 2.58. The summed E-state index contributed by atoms with van der Waals surface area (Å²) in [5.74, 6) is -0.864. The van der Waals surface area contributed by atoms with Crippen molar-refractivity contribution in [2.45, 2.75) is 71.0 Å². The number of hydrogen-bond acceptors (Lipinski definition) is 5. The van der Waals surface area contributed by atoms with Crippen molar-refractivity contribution in [3.05, 3.63) is 53.7 Å². The third kappa shape index (κ3) is 4.34. The molecule has 1 amide bonds. The molecule has 1 aromatic carbocycles. The molecular weight excluding hydrogens is 422 g/mol. The number of amides is 1. The number of benzene rings is 1. The van der Waals surface area contributed by atoms with Crippen molar-refractivity contribution in [2.24, 2.45) is 5.92 Å². The van der Waals surface area contributed by atoms with E-state index in [1.165, 1.54) is 6.08 Å². The highest BCUT2D eigenvalue weighted by Crippen LogP contribution is 2.48. The highest BCUT2D eigenvalue weighted by atomic mass is 28.4. The predicted octanol–water partition coefficient (Wildman–Crippen LogP) is 4.26. The molecule has 7 heteroatoms. The maximum absolute atomic E-state index is 13.3. The molecule has 32 heavy (non-hydrogen) atoms. The largest absolute Gasteiger partial charge is 0.457 e. The van der Waals surface area contributed by atoms with Crippen LogP contribution in [0.3, 0.4) is 0 Å². The number of ether oxygens (including phenoxy) is 1. The van der Waals surface area contributed by atoms with E-state index in [1.54, 1.807) is 4.90 Å². The van der Waals surface area contributed by atoms with Crippen molar-refractivity contribution in [2.75, 3.05) is 6.61 Å². The summed E-state index contributed by atoms with van der Waals surface area (Å²) in [6, 6.07) is 10.4. The number of fused-ring (bicyclic) bond motifs is 1. The van der Waals surface area contributed by atoms with Crippen molar-refractivity contribution < 1.29 is 23.9 Å². The summed E-state index contributed by atoms with van der Waals surface area (Å²) in [5, 5.41) is 9.55. The summed E-state index contributed by atoms with van der Waals surface area (Å²) in [6.45, 7) is 12.1. The first kappa shape index (κ1) is 24.4. The second-order valence-corrected chi connectivity index (χ2v) is 13.4. The fourth-order valence-corrected chi connectivity index (χ4v) is 7.97. The van der Waals surface area contributed by atoms with Crippen LogP contribution in [-0.4, -0.2) is 49.0 Å². The van der Waals surface area contributed by atoms with Gasteiger partial charge in [0.05, 0.1) is 24.7 Å². The lowest BCUT2D eigenvalue weighted by Crippen LogP contribution is -2.63. The Morgan fingerprint density at radius 3 is 2.59 bits per heavy atom. The van der Waals surface area contributed by atoms with Crippen LogP contribution in [0.5, 0.6) is 0 Å². The van der Waals surface area contributed by atoms with Crippen LogP contribution in [0.1, 0.15) is 45.2 Å². The molecule has 3 rings (SSSR count). The van der Waals surface area contributed by atoms with Crippen LogP contribution in [-0.2, 0) is 25.4 Å². The summed E-state index contributed by atoms with van der Waals surface area (Å²) in [6.07, 6.45) is 1.89. The van der Waals surface area contributed by atoms with Gasteiger partial charge in [0.2, 0.25) is 5.91 Å². The summed E-state index contributed by atoms with van der Waals surface area (Å²) in [7, 11) is -1.86. The molecule has 2 aliphatic rings. The Labute approximate surface area is 192 Å². The summed E-state index contributed by atoms with van der Waals surface area (Å²) < 4.78 is 11.9. The third-order valence-electron chi connectivity index (χ3n) is 7.07. The maximum Gasteiger partial charge on any atom is 0.355 e. The van der Waals surface area contributed by atoms with Gasteiger partial charge in [0.15, 0.2) is 8.32 Å². The second kappa shape index (κ2) is 10.1. The molecule has 0 radical (unpaired) electrons. The van der Waals surface area contributed by atoms with Gasteiger partial charge in [0.1, 0.15) is 12.3 Å². The van der Waals surface area contributed by atoms with Gasteiger partial charge in [-0.15, -0.1) is 0 Å². The number of β-lactam (4-membered cyclic amide) rings is 1. The maximum atomic E-state index is 13.3. The standard InChI is InChI=1S/C25H35NO5Si/c1-6-13-30-25(29)23-20(19-12-10-11-18(14-19)16-27)15-21-22(24(28)26(21)23)17(5)31-32(7-2,8-3)9-4/h6,10-12,14,17,21-22,27H,1,7-9,13,15-16H2,2-5H3/t17-,21-,22-/m1/s1. The topological polar surface area (TPSA) is 76.1 Å². The van der Waals surface area contributed by atoms with Crippen LogP contribution in [0.2, 0.25) is 18.1 Å². The minimum Gasteiger partial charge on any atom is -0.457 e. The van der Waals surface area contributed by atoms with Crippen LogP contribution in [0.4, 0.5) is 0 Å². The van der Waals surface area contributed by atoms with Crippen LogP contribution < -0.4 is 0 Å². The summed E-state index contributed by atoms with van der Waals surface area (Å²) >= 11 is 0. The Hall–Kier alpha value is -2.22. The number of esters is 1. The van der Waals surface area contributed by atoms with Crippen molar-refractivity contribution in [1.82, 2.24) is 4.90 Å². The molecule has 1 saturated heterocycles. The molecule has 3 atom stereocenters. The zero-order valence-electron chi connectivity index (χ0n) is 19.6. The molecule has 0 bridgehead atoms. The normalized spacial score (nSPS) is 21.3. The molecule has 0 spiro atoms. The first-order valence-electron chi connectivity index (χ1n) is 11.6. The zero-order chi connectivity index (χ0) is 23.5. The van der Waals surface area contributed by atoms with E-state index in [2.05, 4.69) is 27.4 Å². The van der Waals surface area contributed by atoms with E-state index < -0.39 is 14.3 Å². The van der Waals surface area contributed by atoms with E-state index in [4.69, 9.17) is 9.16 Å². The van der Waals surface area contributed by atoms with Gasteiger partial charge in [0, 0.05) is 0 Å². The molecule has 2 heterocycles. The Balaban J connectivity index is 1.91. The second-order valence-electron chi connectivity index (χ2n) is 8.64. The molecule has 0 saturated carbocycles. The average Bonchev–Trinajstić information content (AvgIpc) is 3.16. The molecule has 0 aromatic heterocycles. The lowest BCUT2D eigenvalue weighted by atomic mass is 9.82. The molecule has 0 unspecified atom stereocenters. The highest BCUT2D eigenvalue weighted by molar-refractivity contribution is 6.73. The van der Waals surface area contributed by atoms with Gasteiger partial charge in [-0.25, -0.2) is 4.79 Å². The number of rotatable bonds is 11. The third-order valence-corrected chi connectivity index (χ3v) is 11.8. The van der Waals surface area contributed by atoms with E-state index in [0.29, 0.717) is 12.1 Å². The molecule has 6 nitrogen and oxygen atoms in total. The van der Waals surface area contributed by atoms with Crippen LogP contribution >= 0.6 is 0 Å². The zero-order valence-corrected chi connectivity index (χ0v) is 20.6. The van der Waals surface area contributed by atoms with Gasteiger partial charge in [-0.3, -0.25) is 4.79 Å². The monoisotopic (exact) mass is 457 g/mol. The number of aliphatic hydroxyl groups excluding tert-OH is 1. The number of nitrogens with zero attached hydrogens (tertiary/aromatic N) is 1. The quantitative estimate of drug-likeness (QED) is 0.233. The lowest BCUT2D eigenvalue weighted by Gasteiger charge is -2.48. The minimum absolute atomic E-state index is 0.0763. The van der Waals surface area contributed by atoms with E-state index >= 15 is 0 Å². The number of aliphatic hydroxyl groups is 1. The van der Waals surface area contributed by atoms with Crippen LogP contribution in [0, 0.1) is 5.92 Å². The first-order valence-corrected chi connectivity index (χ1v) is 14.1. The molecule has 0 aliphatic carbocycles. The fourth-order valence-electron chi connectivity index (χ4n) is 5.03. The SMILES string of the molecule is C=CCOC(=O)C1=C(c2cccc(CO)c2)C[C@@H]2[C@@H]([C@@H](C)O[Si](CC)(CC)CC)C(=O)N12. The summed E-state index contributed by atoms with van der Waals surface area (Å²) in [4.78, 5) is 27.8. The van der Waals surface area contributed by atoms with E-state index in [-0.39, 0.29) is 37.2 Å². The van der Waals surface area contributed by atoms with E-state index in [0.717, 1.165) is 34.8 Å². The number of hydrogen-bond donors (Lipinski definition) is 1. The molecule has 1 N–H and O–H groups in total. The Kier molecular flexibility index (Phi) is 7.74. The van der Waals surface area contributed by atoms with Crippen LogP contribution in [0.15, 0.2) is 42.6 Å². The average molecular weight is 458 g/mol. The molecular formula is C25H35NO5Si. The first-order chi connectivity index (χ1) is 15.4. The smallest absolute Gasteiger partial charge is 0.355 e. The fraction of sp³-hybridized carbons (Fsp3) is 0.520. The number of carbonyl (C=O) groups excluding carboxylic acids is 2. The number of carbonyl (C=O) groups is 2. The minimum atomic E-state index is -1.86. The van der Waals surface area contributed by atoms with Crippen molar-refractivity contribution in [1.29, 1.82) is 0 Å². The Bertz CT molecular complexity index is 899. The van der Waals surface area contributed by atoms with Crippen molar-refractivity contribution in [3.63, 3.8) is 0 Å². The Morgan fingerprint density at radius 1 is 1.31 bits per heavy atom. The van der Waals surface area contributed by atoms with Crippen LogP contribution in [0.25, 0.3) is 5.57 Å². The Morgan fingerprint density at radius 2 is 2.00 bits per heavy atom. The van der Waals surface area contributed by atoms with Gasteiger partial charge in [0.25, 0.3) is 0 Å². The van der Waals surface area contributed by atoms with Crippen molar-refractivity contribution >= 4 is 25.8 Å². The van der Waals surface area contributed by atoms with Crippen molar-refractivity contribution in [3.8, 4) is 0 Å². The van der Waals surface area contributed by atoms with E-state index in [1.807, 2.05) is 31.2 Å². The molecule has 2 aliphatic heterocycles. The van der Waals surface area contributed by atoms with Gasteiger partial charge >= 0.3 is 5.97 Å². The summed E-state index contributed by atoms with van der Waals surface area (Å²) in [5.41, 5.74) is 2.68. The molecule has 1 aromatic rings. The lowest BCUT2D eigenvalue weighted by molar-refractivity contribution is -0.161. The van der Waals surface area contributed by atoms with E-state index in [9.17, 15) is 14.7 Å². The predicted molar refractivity (Wildman–Crippen MR) is 127 cm³/mol. The van der Waals surface area contributed by atoms with Gasteiger partial charge in [-0.05, 0) is 54.2 Å². The van der Waals surface area contributed by atoms with Gasteiger partial charge < -0.3 is 19.2 Å². The molecule has 174 valence electrons. The van der Waals surface area contributed by atoms with Gasteiger partial charge in [-0.1, -0.05) is 51.6 Å². The molecule has 1 fully saturated rings. The van der Waals surface area contributed by atoms with Gasteiger partial charge in [-0.2, -0.15) is 0 Å².